The highest BCUT2D eigenvalue weighted by Crippen LogP contribution is 2.33. The van der Waals surface area contributed by atoms with Crippen LogP contribution in [0.25, 0.3) is 0 Å². The van der Waals surface area contributed by atoms with E-state index in [1.807, 2.05) is 0 Å². The highest BCUT2D eigenvalue weighted by atomic mass is 32.2. The molecule has 1 aromatic carbocycles. The van der Waals surface area contributed by atoms with Crippen LogP contribution in [0.15, 0.2) is 23.1 Å². The van der Waals surface area contributed by atoms with Crippen LogP contribution in [0.4, 0.5) is 13.2 Å². The number of likely N-dealkylation sites (N-methyl/N-ethyl adjacent to an activating group) is 1. The molecule has 0 aliphatic rings. The first-order chi connectivity index (χ1) is 9.50. The SMILES string of the molecule is CN(CC(=O)O)S(=O)(=O)c1ccc(C#N)c(C(F)(F)F)c1. The average Bonchev–Trinajstić information content (AvgIpc) is 2.36. The van der Waals surface area contributed by atoms with Crippen LogP contribution in [0.2, 0.25) is 0 Å². The fourth-order valence-electron chi connectivity index (χ4n) is 1.47. The van der Waals surface area contributed by atoms with Gasteiger partial charge in [-0.1, -0.05) is 0 Å². The maximum absolute atomic E-state index is 12.8. The van der Waals surface area contributed by atoms with Crippen molar-refractivity contribution in [1.29, 1.82) is 5.26 Å². The van der Waals surface area contributed by atoms with Gasteiger partial charge in [-0.25, -0.2) is 8.42 Å². The van der Waals surface area contributed by atoms with Gasteiger partial charge in [0.1, 0.15) is 6.54 Å². The van der Waals surface area contributed by atoms with Gasteiger partial charge < -0.3 is 5.11 Å². The number of nitriles is 1. The number of hydrogen-bond donors (Lipinski definition) is 1. The third kappa shape index (κ3) is 3.71. The number of carbonyl (C=O) groups is 1. The van der Waals surface area contributed by atoms with Gasteiger partial charge in [-0.15, -0.1) is 0 Å². The van der Waals surface area contributed by atoms with Gasteiger partial charge in [-0.2, -0.15) is 22.7 Å². The van der Waals surface area contributed by atoms with Gasteiger partial charge in [0.25, 0.3) is 0 Å². The fourth-order valence-corrected chi connectivity index (χ4v) is 2.62. The first-order valence-electron chi connectivity index (χ1n) is 5.29. The molecule has 1 aromatic rings. The molecule has 0 aromatic heterocycles. The second-order valence-corrected chi connectivity index (χ2v) is 6.02. The highest BCUT2D eigenvalue weighted by Gasteiger charge is 2.35. The number of rotatable bonds is 4. The van der Waals surface area contributed by atoms with Crippen LogP contribution in [0.5, 0.6) is 0 Å². The minimum atomic E-state index is -4.90. The topological polar surface area (TPSA) is 98.5 Å². The Bertz CT molecular complexity index is 707. The zero-order valence-electron chi connectivity index (χ0n) is 10.5. The highest BCUT2D eigenvalue weighted by molar-refractivity contribution is 7.89. The molecule has 0 aliphatic heterocycles. The third-order valence-corrected chi connectivity index (χ3v) is 4.28. The van der Waals surface area contributed by atoms with Crippen LogP contribution >= 0.6 is 0 Å². The molecule has 1 rings (SSSR count). The minimum Gasteiger partial charge on any atom is -0.480 e. The molecule has 0 saturated heterocycles. The van der Waals surface area contributed by atoms with E-state index in [1.54, 1.807) is 0 Å². The molecule has 0 radical (unpaired) electrons. The van der Waals surface area contributed by atoms with Crippen molar-refractivity contribution in [1.82, 2.24) is 4.31 Å². The van der Waals surface area contributed by atoms with Gasteiger partial charge in [0.15, 0.2) is 0 Å². The summed E-state index contributed by atoms with van der Waals surface area (Å²) in [6.07, 6.45) is -4.90. The van der Waals surface area contributed by atoms with Gasteiger partial charge in [0.2, 0.25) is 10.0 Å². The summed E-state index contributed by atoms with van der Waals surface area (Å²) in [5.74, 6) is -1.45. The number of sulfonamides is 1. The van der Waals surface area contributed by atoms with E-state index in [0.717, 1.165) is 19.2 Å². The summed E-state index contributed by atoms with van der Waals surface area (Å²) in [5, 5.41) is 17.1. The van der Waals surface area contributed by atoms with Crippen LogP contribution in [-0.4, -0.2) is 37.4 Å². The van der Waals surface area contributed by atoms with Crippen molar-refractivity contribution in [3.63, 3.8) is 0 Å². The van der Waals surface area contributed by atoms with Crippen molar-refractivity contribution in [2.24, 2.45) is 0 Å². The number of hydrogen-bond acceptors (Lipinski definition) is 4. The molecule has 0 unspecified atom stereocenters. The van der Waals surface area contributed by atoms with Gasteiger partial charge in [0, 0.05) is 7.05 Å². The standard InChI is InChI=1S/C11H9F3N2O4S/c1-16(6-10(17)18)21(19,20)8-3-2-7(5-15)9(4-8)11(12,13)14/h2-4H,6H2,1H3,(H,17,18). The smallest absolute Gasteiger partial charge is 0.417 e. The number of alkyl halides is 3. The van der Waals surface area contributed by atoms with Gasteiger partial charge in [0.05, 0.1) is 22.1 Å². The Kier molecular flexibility index (Phi) is 4.60. The summed E-state index contributed by atoms with van der Waals surface area (Å²) in [6, 6.07) is 3.18. The molecule has 21 heavy (non-hydrogen) atoms. The molecule has 0 saturated carbocycles. The Morgan fingerprint density at radius 2 is 2.00 bits per heavy atom. The molecule has 1 N–H and O–H groups in total. The van der Waals surface area contributed by atoms with Gasteiger partial charge in [-0.05, 0) is 18.2 Å². The molecule has 0 amide bonds. The molecule has 0 fully saturated rings. The number of aliphatic carboxylic acids is 1. The normalized spacial score (nSPS) is 12.2. The molecule has 0 bridgehead atoms. The summed E-state index contributed by atoms with van der Waals surface area (Å²) >= 11 is 0. The van der Waals surface area contributed by atoms with Crippen LogP contribution in [0.3, 0.4) is 0 Å². The predicted molar refractivity (Wildman–Crippen MR) is 63.6 cm³/mol. The van der Waals surface area contributed by atoms with Crippen molar-refractivity contribution in [3.8, 4) is 6.07 Å². The second-order valence-electron chi connectivity index (χ2n) is 3.97. The van der Waals surface area contributed by atoms with E-state index in [9.17, 15) is 26.4 Å². The lowest BCUT2D eigenvalue weighted by molar-refractivity contribution is -0.138. The van der Waals surface area contributed by atoms with Crippen molar-refractivity contribution < 1.29 is 31.5 Å². The van der Waals surface area contributed by atoms with Crippen LogP contribution in [0, 0.1) is 11.3 Å². The van der Waals surface area contributed by atoms with Gasteiger partial charge >= 0.3 is 12.1 Å². The lowest BCUT2D eigenvalue weighted by Crippen LogP contribution is -2.32. The van der Waals surface area contributed by atoms with E-state index in [-0.39, 0.29) is 0 Å². The molecule has 6 nitrogen and oxygen atoms in total. The van der Waals surface area contributed by atoms with E-state index in [2.05, 4.69) is 0 Å². The largest absolute Gasteiger partial charge is 0.480 e. The Morgan fingerprint density at radius 3 is 2.43 bits per heavy atom. The average molecular weight is 322 g/mol. The summed E-state index contributed by atoms with van der Waals surface area (Å²) in [4.78, 5) is 9.75. The molecule has 0 spiro atoms. The molecule has 10 heteroatoms. The van der Waals surface area contributed by atoms with Crippen LogP contribution < -0.4 is 0 Å². The van der Waals surface area contributed by atoms with Crippen LogP contribution in [-0.2, 0) is 21.0 Å². The van der Waals surface area contributed by atoms with E-state index in [0.29, 0.717) is 10.4 Å². The quantitative estimate of drug-likeness (QED) is 0.900. The molecule has 0 atom stereocenters. The maximum atomic E-state index is 12.8. The Labute approximate surface area is 118 Å². The third-order valence-electron chi connectivity index (χ3n) is 2.48. The number of benzene rings is 1. The lowest BCUT2D eigenvalue weighted by Gasteiger charge is -2.16. The summed E-state index contributed by atoms with van der Waals surface area (Å²) in [5.41, 5.74) is -2.11. The first kappa shape index (κ1) is 16.9. The molecular formula is C11H9F3N2O4S. The predicted octanol–water partition coefficient (Wildman–Crippen LogP) is 1.28. The van der Waals surface area contributed by atoms with Crippen molar-refractivity contribution in [2.75, 3.05) is 13.6 Å². The first-order valence-corrected chi connectivity index (χ1v) is 6.73. The van der Waals surface area contributed by atoms with E-state index < -0.39 is 44.7 Å². The van der Waals surface area contributed by atoms with E-state index >= 15 is 0 Å². The number of carboxylic acid groups (broad SMARTS) is 1. The van der Waals surface area contributed by atoms with Gasteiger partial charge in [-0.3, -0.25) is 4.79 Å². The Morgan fingerprint density at radius 1 is 1.43 bits per heavy atom. The number of carboxylic acids is 1. The van der Waals surface area contributed by atoms with Crippen molar-refractivity contribution in [2.45, 2.75) is 11.1 Å². The summed E-state index contributed by atoms with van der Waals surface area (Å²) in [6.45, 7) is -0.899. The summed E-state index contributed by atoms with van der Waals surface area (Å²) < 4.78 is 62.6. The second kappa shape index (κ2) is 5.71. The molecular weight excluding hydrogens is 313 g/mol. The zero-order valence-corrected chi connectivity index (χ0v) is 11.4. The Balaban J connectivity index is 3.40. The maximum Gasteiger partial charge on any atom is 0.417 e. The monoisotopic (exact) mass is 322 g/mol. The zero-order chi connectivity index (χ0) is 16.4. The van der Waals surface area contributed by atoms with Crippen molar-refractivity contribution in [3.05, 3.63) is 29.3 Å². The van der Waals surface area contributed by atoms with E-state index in [1.165, 1.54) is 6.07 Å². The number of halogens is 3. The molecule has 114 valence electrons. The van der Waals surface area contributed by atoms with E-state index in [4.69, 9.17) is 10.4 Å². The lowest BCUT2D eigenvalue weighted by atomic mass is 10.1. The fraction of sp³-hybridized carbons (Fsp3) is 0.273. The summed E-state index contributed by atoms with van der Waals surface area (Å²) in [7, 11) is -3.47. The number of nitrogens with zero attached hydrogens (tertiary/aromatic N) is 2. The molecule has 0 aliphatic carbocycles. The van der Waals surface area contributed by atoms with Crippen LogP contribution in [0.1, 0.15) is 11.1 Å². The minimum absolute atomic E-state index is 0.312. The Hall–Kier alpha value is -2.12. The molecule has 0 heterocycles. The van der Waals surface area contributed by atoms with Crippen molar-refractivity contribution >= 4 is 16.0 Å².